The number of amides is 2. The number of piperazine rings is 1. The Hall–Kier alpha value is -2.52. The predicted octanol–water partition coefficient (Wildman–Crippen LogP) is 4.96. The van der Waals surface area contributed by atoms with Gasteiger partial charge in [-0.25, -0.2) is 9.67 Å². The lowest BCUT2D eigenvalue weighted by Gasteiger charge is -2.39. The highest BCUT2D eigenvalue weighted by molar-refractivity contribution is 9.10. The molecule has 9 heteroatoms. The van der Waals surface area contributed by atoms with Gasteiger partial charge >= 0.3 is 0 Å². The molecule has 33 heavy (non-hydrogen) atoms. The second-order valence-corrected chi connectivity index (χ2v) is 10.3. The zero-order chi connectivity index (χ0) is 23.7. The van der Waals surface area contributed by atoms with Crippen molar-refractivity contribution >= 4 is 39.1 Å². The lowest BCUT2D eigenvalue weighted by molar-refractivity contribution is -0.134. The van der Waals surface area contributed by atoms with E-state index in [-0.39, 0.29) is 23.8 Å². The Morgan fingerprint density at radius 2 is 1.94 bits per heavy atom. The van der Waals surface area contributed by atoms with Crippen LogP contribution in [0.5, 0.6) is 0 Å². The SMILES string of the molecule is CCC(=O)N1CCN(C(=O)c2cnn(-c3nc(-c4ccc(Br)cc4)cs3)c2C(C)C)CC1C. The summed E-state index contributed by atoms with van der Waals surface area (Å²) in [6, 6.07) is 8.03. The first-order valence-corrected chi connectivity index (χ1v) is 12.9. The summed E-state index contributed by atoms with van der Waals surface area (Å²) in [6.45, 7) is 9.62. The van der Waals surface area contributed by atoms with E-state index in [1.54, 1.807) is 10.9 Å². The number of rotatable bonds is 5. The number of hydrogen-bond donors (Lipinski definition) is 0. The molecule has 0 N–H and O–H groups in total. The molecule has 3 aromatic rings. The maximum absolute atomic E-state index is 13.5. The van der Waals surface area contributed by atoms with Crippen molar-refractivity contribution in [2.24, 2.45) is 0 Å². The van der Waals surface area contributed by atoms with Crippen molar-refractivity contribution in [3.8, 4) is 16.4 Å². The standard InChI is InChI=1S/C24H28BrN5O2S/c1-5-21(31)29-11-10-28(13-16(29)4)23(32)19-12-26-30(22(19)15(2)3)24-27-20(14-33-24)17-6-8-18(25)9-7-17/h6-9,12,14-16H,5,10-11,13H2,1-4H3. The van der Waals surface area contributed by atoms with Gasteiger partial charge in [-0.05, 0) is 25.0 Å². The van der Waals surface area contributed by atoms with E-state index in [9.17, 15) is 9.59 Å². The molecule has 2 amide bonds. The number of halogens is 1. The first-order chi connectivity index (χ1) is 15.8. The summed E-state index contributed by atoms with van der Waals surface area (Å²) in [4.78, 5) is 34.1. The third-order valence-corrected chi connectivity index (χ3v) is 7.28. The Morgan fingerprint density at radius 1 is 1.21 bits per heavy atom. The van der Waals surface area contributed by atoms with Crippen molar-refractivity contribution < 1.29 is 9.59 Å². The second-order valence-electron chi connectivity index (χ2n) is 8.57. The summed E-state index contributed by atoms with van der Waals surface area (Å²) in [6.07, 6.45) is 2.14. The van der Waals surface area contributed by atoms with Crippen molar-refractivity contribution in [2.75, 3.05) is 19.6 Å². The van der Waals surface area contributed by atoms with Crippen LogP contribution in [0.3, 0.4) is 0 Å². The number of carbonyl (C=O) groups is 2. The number of aromatic nitrogens is 3. The van der Waals surface area contributed by atoms with Crippen molar-refractivity contribution in [2.45, 2.75) is 46.1 Å². The Kier molecular flexibility index (Phi) is 6.99. The largest absolute Gasteiger partial charge is 0.336 e. The van der Waals surface area contributed by atoms with Gasteiger partial charge in [-0.15, -0.1) is 11.3 Å². The van der Waals surface area contributed by atoms with Gasteiger partial charge in [0.05, 0.1) is 23.1 Å². The summed E-state index contributed by atoms with van der Waals surface area (Å²) in [5.74, 6) is 0.188. The van der Waals surface area contributed by atoms with Crippen LogP contribution < -0.4 is 0 Å². The van der Waals surface area contributed by atoms with E-state index in [0.29, 0.717) is 31.6 Å². The molecule has 0 bridgehead atoms. The molecule has 0 saturated carbocycles. The Morgan fingerprint density at radius 3 is 2.58 bits per heavy atom. The fourth-order valence-corrected chi connectivity index (χ4v) is 5.30. The van der Waals surface area contributed by atoms with Gasteiger partial charge in [0, 0.05) is 47.5 Å². The normalized spacial score (nSPS) is 16.5. The van der Waals surface area contributed by atoms with Crippen LogP contribution in [0, 0.1) is 0 Å². The van der Waals surface area contributed by atoms with Crippen LogP contribution in [-0.2, 0) is 4.79 Å². The molecule has 1 saturated heterocycles. The summed E-state index contributed by atoms with van der Waals surface area (Å²) in [5, 5.41) is 7.31. The quantitative estimate of drug-likeness (QED) is 0.468. The van der Waals surface area contributed by atoms with Gasteiger partial charge in [0.2, 0.25) is 11.0 Å². The molecule has 1 fully saturated rings. The maximum atomic E-state index is 13.5. The lowest BCUT2D eigenvalue weighted by atomic mass is 10.0. The van der Waals surface area contributed by atoms with Gasteiger partial charge in [0.15, 0.2) is 0 Å². The highest BCUT2D eigenvalue weighted by Gasteiger charge is 2.32. The summed E-state index contributed by atoms with van der Waals surface area (Å²) >= 11 is 4.97. The molecular formula is C24H28BrN5O2S. The molecule has 1 atom stereocenters. The van der Waals surface area contributed by atoms with Crippen LogP contribution >= 0.6 is 27.3 Å². The number of nitrogens with zero attached hydrogens (tertiary/aromatic N) is 5. The van der Waals surface area contributed by atoms with Crippen LogP contribution in [0.25, 0.3) is 16.4 Å². The van der Waals surface area contributed by atoms with Crippen LogP contribution in [0.4, 0.5) is 0 Å². The van der Waals surface area contributed by atoms with Crippen molar-refractivity contribution in [1.82, 2.24) is 24.6 Å². The average Bonchev–Trinajstić information content (AvgIpc) is 3.46. The van der Waals surface area contributed by atoms with Crippen LogP contribution in [0.1, 0.15) is 56.1 Å². The van der Waals surface area contributed by atoms with Gasteiger partial charge in [-0.2, -0.15) is 5.10 Å². The summed E-state index contributed by atoms with van der Waals surface area (Å²) in [7, 11) is 0. The fraction of sp³-hybridized carbons (Fsp3) is 0.417. The monoisotopic (exact) mass is 529 g/mol. The lowest BCUT2D eigenvalue weighted by Crippen LogP contribution is -2.55. The van der Waals surface area contributed by atoms with Crippen molar-refractivity contribution in [1.29, 1.82) is 0 Å². The highest BCUT2D eigenvalue weighted by Crippen LogP contribution is 2.29. The average molecular weight is 530 g/mol. The van der Waals surface area contributed by atoms with E-state index in [4.69, 9.17) is 4.98 Å². The van der Waals surface area contributed by atoms with E-state index in [1.165, 1.54) is 11.3 Å². The minimum absolute atomic E-state index is 0.000116. The Balaban J connectivity index is 1.60. The molecule has 0 aliphatic carbocycles. The number of benzene rings is 1. The third-order valence-electron chi connectivity index (χ3n) is 5.93. The molecule has 1 unspecified atom stereocenters. The topological polar surface area (TPSA) is 71.3 Å². The van der Waals surface area contributed by atoms with Gasteiger partial charge in [0.1, 0.15) is 0 Å². The molecule has 7 nitrogen and oxygen atoms in total. The smallest absolute Gasteiger partial charge is 0.257 e. The number of hydrogen-bond acceptors (Lipinski definition) is 5. The molecule has 174 valence electrons. The molecule has 4 rings (SSSR count). The van der Waals surface area contributed by atoms with E-state index in [1.807, 2.05) is 53.3 Å². The van der Waals surface area contributed by atoms with Gasteiger partial charge < -0.3 is 9.80 Å². The molecule has 2 aromatic heterocycles. The van der Waals surface area contributed by atoms with E-state index >= 15 is 0 Å². The highest BCUT2D eigenvalue weighted by atomic mass is 79.9. The number of carbonyl (C=O) groups excluding carboxylic acids is 2. The molecule has 1 aromatic carbocycles. The number of thiazole rings is 1. The van der Waals surface area contributed by atoms with Crippen LogP contribution in [-0.4, -0.2) is 62.1 Å². The van der Waals surface area contributed by atoms with Crippen molar-refractivity contribution in [3.63, 3.8) is 0 Å². The van der Waals surface area contributed by atoms with Gasteiger partial charge in [-0.1, -0.05) is 48.8 Å². The minimum atomic E-state index is -0.0370. The molecular weight excluding hydrogens is 502 g/mol. The van der Waals surface area contributed by atoms with Gasteiger partial charge in [0.25, 0.3) is 5.91 Å². The first-order valence-electron chi connectivity index (χ1n) is 11.2. The zero-order valence-electron chi connectivity index (χ0n) is 19.3. The molecule has 0 spiro atoms. The van der Waals surface area contributed by atoms with E-state index in [0.717, 1.165) is 26.6 Å². The van der Waals surface area contributed by atoms with E-state index in [2.05, 4.69) is 34.9 Å². The Bertz CT molecular complexity index is 1150. The molecule has 0 radical (unpaired) electrons. The molecule has 1 aliphatic heterocycles. The fourth-order valence-electron chi connectivity index (χ4n) is 4.23. The van der Waals surface area contributed by atoms with E-state index < -0.39 is 0 Å². The molecule has 3 heterocycles. The van der Waals surface area contributed by atoms with Crippen molar-refractivity contribution in [3.05, 3.63) is 51.6 Å². The maximum Gasteiger partial charge on any atom is 0.257 e. The van der Waals surface area contributed by atoms with Gasteiger partial charge in [-0.3, -0.25) is 9.59 Å². The third kappa shape index (κ3) is 4.75. The zero-order valence-corrected chi connectivity index (χ0v) is 21.7. The Labute approximate surface area is 206 Å². The molecule has 1 aliphatic rings. The second kappa shape index (κ2) is 9.77. The summed E-state index contributed by atoms with van der Waals surface area (Å²) in [5.41, 5.74) is 3.37. The van der Waals surface area contributed by atoms with Crippen LogP contribution in [0.15, 0.2) is 40.3 Å². The minimum Gasteiger partial charge on any atom is -0.336 e. The first kappa shape index (κ1) is 23.6. The summed E-state index contributed by atoms with van der Waals surface area (Å²) < 4.78 is 2.82. The predicted molar refractivity (Wildman–Crippen MR) is 134 cm³/mol. The van der Waals surface area contributed by atoms with Crippen LogP contribution in [0.2, 0.25) is 0 Å².